The van der Waals surface area contributed by atoms with Crippen LogP contribution in [0.3, 0.4) is 0 Å². The number of amides is 1. The number of carbonyl (C=O) groups excluding carboxylic acids is 1. The van der Waals surface area contributed by atoms with Gasteiger partial charge >= 0.3 is 6.18 Å². The summed E-state index contributed by atoms with van der Waals surface area (Å²) in [5.41, 5.74) is 4.62. The van der Waals surface area contributed by atoms with Crippen LogP contribution in [0.15, 0.2) is 22.2 Å². The largest absolute Gasteiger partial charge is 0.428 e. The number of halogens is 5. The molecular formula is C6H4Cl2F3NO. The quantitative estimate of drug-likeness (QED) is 0.578. The van der Waals surface area contributed by atoms with Gasteiger partial charge in [-0.2, -0.15) is 13.2 Å². The second-order valence-electron chi connectivity index (χ2n) is 1.90. The minimum Gasteiger partial charge on any atom is -0.366 e. The van der Waals surface area contributed by atoms with Crippen LogP contribution in [0, 0.1) is 0 Å². The van der Waals surface area contributed by atoms with E-state index in [-0.39, 0.29) is 0 Å². The molecule has 0 aliphatic rings. The number of hydrogen-bond donors (Lipinski definition) is 1. The second-order valence-corrected chi connectivity index (χ2v) is 2.68. The van der Waals surface area contributed by atoms with Gasteiger partial charge in [0.05, 0.1) is 5.03 Å². The van der Waals surface area contributed by atoms with Crippen molar-refractivity contribution in [1.82, 2.24) is 0 Å². The van der Waals surface area contributed by atoms with Crippen molar-refractivity contribution >= 4 is 29.1 Å². The van der Waals surface area contributed by atoms with Crippen molar-refractivity contribution in [2.24, 2.45) is 5.73 Å². The fraction of sp³-hybridized carbons (Fsp3) is 0.167. The highest BCUT2D eigenvalue weighted by Crippen LogP contribution is 2.32. The van der Waals surface area contributed by atoms with Crippen molar-refractivity contribution in [2.75, 3.05) is 0 Å². The standard InChI is InChI=1S/C6H4Cl2F3NO/c7-3(1-2-4(12)13)5(8)6(9,10)11/h1-2H,(H2,12,13)/b2-1+,5-3+. The van der Waals surface area contributed by atoms with Crippen LogP contribution in [-0.2, 0) is 4.79 Å². The van der Waals surface area contributed by atoms with E-state index >= 15 is 0 Å². The van der Waals surface area contributed by atoms with Crippen molar-refractivity contribution in [2.45, 2.75) is 6.18 Å². The maximum absolute atomic E-state index is 11.8. The summed E-state index contributed by atoms with van der Waals surface area (Å²) in [6.07, 6.45) is -3.36. The van der Waals surface area contributed by atoms with Gasteiger partial charge in [-0.3, -0.25) is 4.79 Å². The fourth-order valence-electron chi connectivity index (χ4n) is 0.364. The number of hydrogen-bond acceptors (Lipinski definition) is 1. The minimum atomic E-state index is -4.72. The van der Waals surface area contributed by atoms with E-state index in [0.29, 0.717) is 12.2 Å². The van der Waals surface area contributed by atoms with E-state index in [4.69, 9.17) is 23.2 Å². The highest BCUT2D eigenvalue weighted by Gasteiger charge is 2.34. The van der Waals surface area contributed by atoms with E-state index < -0.39 is 22.1 Å². The predicted octanol–water partition coefficient (Wildman–Crippen LogP) is 2.28. The number of carbonyl (C=O) groups is 1. The smallest absolute Gasteiger partial charge is 0.366 e. The molecule has 0 spiro atoms. The molecule has 0 aromatic heterocycles. The summed E-state index contributed by atoms with van der Waals surface area (Å²) in [6.45, 7) is 0. The van der Waals surface area contributed by atoms with E-state index in [0.717, 1.165) is 0 Å². The van der Waals surface area contributed by atoms with Crippen LogP contribution in [0.4, 0.5) is 13.2 Å². The minimum absolute atomic E-state index is 0.677. The molecule has 13 heavy (non-hydrogen) atoms. The third-order valence-electron chi connectivity index (χ3n) is 0.852. The Balaban J connectivity index is 4.74. The number of rotatable bonds is 2. The fourth-order valence-corrected chi connectivity index (χ4v) is 0.597. The Morgan fingerprint density at radius 2 is 1.69 bits per heavy atom. The van der Waals surface area contributed by atoms with Gasteiger partial charge in [0, 0.05) is 6.08 Å². The molecule has 0 heterocycles. The summed E-state index contributed by atoms with van der Waals surface area (Å²) in [4.78, 5) is 10.1. The van der Waals surface area contributed by atoms with Gasteiger partial charge in [0.1, 0.15) is 5.03 Å². The van der Waals surface area contributed by atoms with Gasteiger partial charge in [-0.25, -0.2) is 0 Å². The molecular weight excluding hydrogens is 230 g/mol. The third-order valence-corrected chi connectivity index (χ3v) is 1.68. The molecule has 0 aliphatic heterocycles. The monoisotopic (exact) mass is 233 g/mol. The van der Waals surface area contributed by atoms with E-state index in [2.05, 4.69) is 5.73 Å². The Bertz CT molecular complexity index is 270. The van der Waals surface area contributed by atoms with Crippen LogP contribution in [0.25, 0.3) is 0 Å². The van der Waals surface area contributed by atoms with Gasteiger partial charge in [-0.05, 0) is 6.08 Å². The zero-order chi connectivity index (χ0) is 10.6. The number of nitrogens with two attached hydrogens (primary N) is 1. The molecule has 0 rings (SSSR count). The average molecular weight is 234 g/mol. The van der Waals surface area contributed by atoms with Crippen LogP contribution in [0.1, 0.15) is 0 Å². The van der Waals surface area contributed by atoms with Gasteiger partial charge in [0.15, 0.2) is 0 Å². The molecule has 0 aromatic carbocycles. The van der Waals surface area contributed by atoms with E-state index in [1.807, 2.05) is 0 Å². The van der Waals surface area contributed by atoms with E-state index in [1.54, 1.807) is 0 Å². The molecule has 0 saturated heterocycles. The molecule has 0 aromatic rings. The zero-order valence-corrected chi connectivity index (χ0v) is 7.54. The molecule has 0 radical (unpaired) electrons. The molecule has 0 saturated carbocycles. The van der Waals surface area contributed by atoms with Crippen LogP contribution < -0.4 is 5.73 Å². The average Bonchev–Trinajstić information content (AvgIpc) is 1.96. The van der Waals surface area contributed by atoms with E-state index in [1.165, 1.54) is 0 Å². The maximum Gasteiger partial charge on any atom is 0.428 e. The lowest BCUT2D eigenvalue weighted by molar-refractivity contribution is -0.113. The van der Waals surface area contributed by atoms with Gasteiger partial charge in [0.25, 0.3) is 0 Å². The molecule has 0 aliphatic carbocycles. The van der Waals surface area contributed by atoms with Gasteiger partial charge < -0.3 is 5.73 Å². The Hall–Kier alpha value is -0.680. The van der Waals surface area contributed by atoms with Gasteiger partial charge in [-0.1, -0.05) is 23.2 Å². The maximum atomic E-state index is 11.8. The van der Waals surface area contributed by atoms with Gasteiger partial charge in [0.2, 0.25) is 5.91 Å². The summed E-state index contributed by atoms with van der Waals surface area (Å²) in [6, 6.07) is 0. The van der Waals surface area contributed by atoms with Crippen LogP contribution in [0.2, 0.25) is 0 Å². The van der Waals surface area contributed by atoms with Crippen molar-refractivity contribution in [3.8, 4) is 0 Å². The Kier molecular flexibility index (Phi) is 4.29. The van der Waals surface area contributed by atoms with Crippen molar-refractivity contribution < 1.29 is 18.0 Å². The first kappa shape index (κ1) is 12.3. The Labute approximate surface area is 81.8 Å². The molecule has 2 N–H and O–H groups in total. The lowest BCUT2D eigenvalue weighted by Gasteiger charge is -2.04. The molecule has 0 unspecified atom stereocenters. The van der Waals surface area contributed by atoms with Crippen LogP contribution >= 0.6 is 23.2 Å². The molecule has 0 bridgehead atoms. The molecule has 74 valence electrons. The first-order valence-electron chi connectivity index (χ1n) is 2.85. The molecule has 2 nitrogen and oxygen atoms in total. The van der Waals surface area contributed by atoms with Crippen LogP contribution in [0.5, 0.6) is 0 Å². The summed E-state index contributed by atoms with van der Waals surface area (Å²) in [5, 5.41) is -2.28. The highest BCUT2D eigenvalue weighted by molar-refractivity contribution is 6.40. The first-order chi connectivity index (χ1) is 5.75. The number of alkyl halides is 3. The topological polar surface area (TPSA) is 43.1 Å². The van der Waals surface area contributed by atoms with Crippen molar-refractivity contribution in [3.05, 3.63) is 22.2 Å². The van der Waals surface area contributed by atoms with E-state index in [9.17, 15) is 18.0 Å². The number of allylic oxidation sites excluding steroid dienone is 3. The summed E-state index contributed by atoms with van der Waals surface area (Å²) >= 11 is 9.90. The molecule has 0 fully saturated rings. The number of primary amides is 1. The summed E-state index contributed by atoms with van der Waals surface area (Å²) in [5.74, 6) is -0.912. The summed E-state index contributed by atoms with van der Waals surface area (Å²) < 4.78 is 35.4. The Morgan fingerprint density at radius 1 is 1.23 bits per heavy atom. The van der Waals surface area contributed by atoms with Gasteiger partial charge in [-0.15, -0.1) is 0 Å². The Morgan fingerprint density at radius 3 is 2.00 bits per heavy atom. The molecule has 1 amide bonds. The lowest BCUT2D eigenvalue weighted by Crippen LogP contribution is -2.09. The lowest BCUT2D eigenvalue weighted by atomic mass is 10.4. The molecule has 7 heteroatoms. The second kappa shape index (κ2) is 4.53. The summed E-state index contributed by atoms with van der Waals surface area (Å²) in [7, 11) is 0. The molecule has 0 atom stereocenters. The highest BCUT2D eigenvalue weighted by atomic mass is 35.5. The third kappa shape index (κ3) is 4.80. The zero-order valence-electron chi connectivity index (χ0n) is 6.03. The van der Waals surface area contributed by atoms with Crippen molar-refractivity contribution in [1.29, 1.82) is 0 Å². The van der Waals surface area contributed by atoms with Crippen LogP contribution in [-0.4, -0.2) is 12.1 Å². The SMILES string of the molecule is NC(=O)/C=C/C(Cl)=C(\Cl)C(F)(F)F. The first-order valence-corrected chi connectivity index (χ1v) is 3.60. The van der Waals surface area contributed by atoms with Crippen molar-refractivity contribution in [3.63, 3.8) is 0 Å². The predicted molar refractivity (Wildman–Crippen MR) is 43.1 cm³/mol. The normalized spacial score (nSPS) is 14.5.